The molecule has 154 valence electrons. The van der Waals surface area contributed by atoms with Crippen LogP contribution < -0.4 is 10.9 Å². The summed E-state index contributed by atoms with van der Waals surface area (Å²) in [7, 11) is 0. The van der Waals surface area contributed by atoms with Gasteiger partial charge in [-0.05, 0) is 36.6 Å². The number of nitrogens with one attached hydrogen (secondary N) is 2. The highest BCUT2D eigenvalue weighted by Gasteiger charge is 2.20. The summed E-state index contributed by atoms with van der Waals surface area (Å²) in [6.45, 7) is 1.89. The van der Waals surface area contributed by atoms with Gasteiger partial charge >= 0.3 is 0 Å². The molecule has 3 heterocycles. The Morgan fingerprint density at radius 3 is 2.71 bits per heavy atom. The zero-order valence-corrected chi connectivity index (χ0v) is 17.2. The van der Waals surface area contributed by atoms with Crippen LogP contribution in [0.2, 0.25) is 5.02 Å². The van der Waals surface area contributed by atoms with Crippen molar-refractivity contribution in [3.63, 3.8) is 0 Å². The van der Waals surface area contributed by atoms with Crippen molar-refractivity contribution < 1.29 is 4.39 Å². The van der Waals surface area contributed by atoms with E-state index in [1.807, 2.05) is 55.5 Å². The Morgan fingerprint density at radius 1 is 1.10 bits per heavy atom. The first-order valence-electron chi connectivity index (χ1n) is 9.68. The number of rotatable bonds is 4. The number of nitrogens with zero attached hydrogens (tertiary/aromatic N) is 3. The second-order valence-electron chi connectivity index (χ2n) is 7.20. The van der Waals surface area contributed by atoms with Gasteiger partial charge in [-0.15, -0.1) is 0 Å². The fraction of sp³-hybridized carbons (Fsp3) is 0.0870. The van der Waals surface area contributed by atoms with E-state index in [4.69, 9.17) is 11.6 Å². The Balaban J connectivity index is 1.71. The molecular weight excluding hydrogens is 417 g/mol. The maximum absolute atomic E-state index is 14.3. The normalized spacial score (nSPS) is 12.4. The van der Waals surface area contributed by atoms with E-state index in [-0.39, 0.29) is 17.0 Å². The number of aromatic amines is 1. The highest BCUT2D eigenvalue weighted by atomic mass is 35.5. The van der Waals surface area contributed by atoms with Crippen molar-refractivity contribution in [2.75, 3.05) is 5.32 Å². The summed E-state index contributed by atoms with van der Waals surface area (Å²) in [6, 6.07) is 16.2. The minimum atomic E-state index is -0.448. The predicted molar refractivity (Wildman–Crippen MR) is 120 cm³/mol. The van der Waals surface area contributed by atoms with Gasteiger partial charge in [0.1, 0.15) is 17.8 Å². The van der Waals surface area contributed by atoms with E-state index in [0.29, 0.717) is 33.3 Å². The molecule has 5 aromatic rings. The van der Waals surface area contributed by atoms with E-state index < -0.39 is 5.82 Å². The molecule has 0 bridgehead atoms. The average molecular weight is 434 g/mol. The Labute approximate surface area is 181 Å². The van der Waals surface area contributed by atoms with Gasteiger partial charge < -0.3 is 10.3 Å². The molecule has 0 aliphatic rings. The number of H-pyrrole nitrogens is 1. The maximum atomic E-state index is 14.3. The lowest BCUT2D eigenvalue weighted by Crippen LogP contribution is -2.25. The lowest BCUT2D eigenvalue weighted by molar-refractivity contribution is 0.639. The molecule has 0 saturated carbocycles. The van der Waals surface area contributed by atoms with E-state index in [0.717, 1.165) is 5.39 Å². The Hall–Kier alpha value is -3.71. The van der Waals surface area contributed by atoms with Crippen molar-refractivity contribution in [2.24, 2.45) is 0 Å². The lowest BCUT2D eigenvalue weighted by Gasteiger charge is -2.21. The first-order valence-corrected chi connectivity index (χ1v) is 10.1. The fourth-order valence-electron chi connectivity index (χ4n) is 3.82. The molecular formula is C23H17ClFN5O. The van der Waals surface area contributed by atoms with E-state index in [1.165, 1.54) is 12.5 Å². The molecule has 0 unspecified atom stereocenters. The number of fused-ring (bicyclic) bond motifs is 2. The predicted octanol–water partition coefficient (Wildman–Crippen LogP) is 5.23. The largest absolute Gasteiger partial charge is 0.361 e. The minimum Gasteiger partial charge on any atom is -0.361 e. The Morgan fingerprint density at radius 2 is 1.90 bits per heavy atom. The molecule has 5 rings (SSSR count). The summed E-state index contributed by atoms with van der Waals surface area (Å²) >= 11 is 6.36. The first kappa shape index (κ1) is 19.3. The topological polar surface area (TPSA) is 75.6 Å². The number of hydrogen-bond acceptors (Lipinski definition) is 4. The zero-order chi connectivity index (χ0) is 21.5. The Kier molecular flexibility index (Phi) is 4.67. The number of para-hydroxylation sites is 1. The summed E-state index contributed by atoms with van der Waals surface area (Å²) in [5, 5.41) is 5.09. The van der Waals surface area contributed by atoms with Gasteiger partial charge in [0, 0.05) is 17.6 Å². The molecule has 6 nitrogen and oxygen atoms in total. The molecule has 0 aliphatic carbocycles. The van der Waals surface area contributed by atoms with E-state index in [1.54, 1.807) is 10.6 Å². The molecule has 3 aromatic heterocycles. The molecule has 0 amide bonds. The molecule has 0 fully saturated rings. The van der Waals surface area contributed by atoms with E-state index >= 15 is 0 Å². The van der Waals surface area contributed by atoms with Gasteiger partial charge in [-0.2, -0.15) is 0 Å². The van der Waals surface area contributed by atoms with Crippen molar-refractivity contribution >= 4 is 39.2 Å². The smallest absolute Gasteiger partial charge is 0.264 e. The van der Waals surface area contributed by atoms with Crippen molar-refractivity contribution in [3.05, 3.63) is 94.0 Å². The van der Waals surface area contributed by atoms with Crippen LogP contribution in [-0.4, -0.2) is 19.5 Å². The summed E-state index contributed by atoms with van der Waals surface area (Å²) in [5.74, 6) is -0.106. The van der Waals surface area contributed by atoms with Gasteiger partial charge in [-0.3, -0.25) is 9.36 Å². The SMILES string of the molecule is C[C@H](Nc1ncnc2[nH]cc(F)c12)c1cc2cccc(Cl)c2c(=O)n1-c1ccccc1. The quantitative estimate of drug-likeness (QED) is 0.407. The van der Waals surface area contributed by atoms with Crippen LogP contribution in [0.15, 0.2) is 71.9 Å². The van der Waals surface area contributed by atoms with Crippen LogP contribution in [0, 0.1) is 5.82 Å². The van der Waals surface area contributed by atoms with Crippen molar-refractivity contribution in [2.45, 2.75) is 13.0 Å². The highest BCUT2D eigenvalue weighted by Crippen LogP contribution is 2.29. The monoisotopic (exact) mass is 433 g/mol. The molecule has 0 radical (unpaired) electrons. The molecule has 8 heteroatoms. The highest BCUT2D eigenvalue weighted by molar-refractivity contribution is 6.35. The lowest BCUT2D eigenvalue weighted by atomic mass is 10.1. The number of aromatic nitrogens is 4. The standard InChI is InChI=1S/C23H17ClFN5O/c1-13(29-22-20-17(25)11-26-21(20)27-12-28-22)18-10-14-6-5-9-16(24)19(14)23(31)30(18)15-7-3-2-4-8-15/h2-13H,1H3,(H2,26,27,28,29)/t13-/m0/s1. The van der Waals surface area contributed by atoms with Gasteiger partial charge in [0.2, 0.25) is 0 Å². The maximum Gasteiger partial charge on any atom is 0.264 e. The third-order valence-electron chi connectivity index (χ3n) is 5.26. The van der Waals surface area contributed by atoms with Crippen LogP contribution in [0.3, 0.4) is 0 Å². The van der Waals surface area contributed by atoms with Crippen molar-refractivity contribution in [1.82, 2.24) is 19.5 Å². The first-order chi connectivity index (χ1) is 15.0. The van der Waals surface area contributed by atoms with Gasteiger partial charge in [0.05, 0.1) is 21.8 Å². The fourth-order valence-corrected chi connectivity index (χ4v) is 4.08. The van der Waals surface area contributed by atoms with Gasteiger partial charge in [-0.1, -0.05) is 41.9 Å². The van der Waals surface area contributed by atoms with Crippen LogP contribution in [-0.2, 0) is 0 Å². The summed E-state index contributed by atoms with van der Waals surface area (Å²) in [5.41, 5.74) is 1.57. The van der Waals surface area contributed by atoms with Crippen LogP contribution in [0.4, 0.5) is 10.2 Å². The Bertz CT molecular complexity index is 1480. The number of halogens is 2. The number of anilines is 1. The molecule has 0 spiro atoms. The van der Waals surface area contributed by atoms with E-state index in [2.05, 4.69) is 20.3 Å². The van der Waals surface area contributed by atoms with E-state index in [9.17, 15) is 9.18 Å². The van der Waals surface area contributed by atoms with Crippen LogP contribution in [0.5, 0.6) is 0 Å². The molecule has 31 heavy (non-hydrogen) atoms. The second-order valence-corrected chi connectivity index (χ2v) is 7.61. The van der Waals surface area contributed by atoms with Crippen LogP contribution >= 0.6 is 11.6 Å². The summed E-state index contributed by atoms with van der Waals surface area (Å²) in [4.78, 5) is 24.6. The van der Waals surface area contributed by atoms with Crippen molar-refractivity contribution in [3.8, 4) is 5.69 Å². The number of benzene rings is 2. The molecule has 1 atom stereocenters. The average Bonchev–Trinajstić information content (AvgIpc) is 3.16. The number of pyridine rings is 1. The third kappa shape index (κ3) is 3.23. The van der Waals surface area contributed by atoms with Gasteiger partial charge in [0.25, 0.3) is 5.56 Å². The third-order valence-corrected chi connectivity index (χ3v) is 5.57. The van der Waals surface area contributed by atoms with Crippen LogP contribution in [0.25, 0.3) is 27.5 Å². The number of hydrogen-bond donors (Lipinski definition) is 2. The van der Waals surface area contributed by atoms with Gasteiger partial charge in [0.15, 0.2) is 5.82 Å². The molecule has 0 aliphatic heterocycles. The minimum absolute atomic E-state index is 0.224. The molecule has 2 N–H and O–H groups in total. The zero-order valence-electron chi connectivity index (χ0n) is 16.4. The molecule has 0 saturated heterocycles. The van der Waals surface area contributed by atoms with Crippen LogP contribution in [0.1, 0.15) is 18.7 Å². The summed E-state index contributed by atoms with van der Waals surface area (Å²) < 4.78 is 15.9. The second kappa shape index (κ2) is 7.52. The molecule has 2 aromatic carbocycles. The van der Waals surface area contributed by atoms with Crippen molar-refractivity contribution in [1.29, 1.82) is 0 Å². The summed E-state index contributed by atoms with van der Waals surface area (Å²) in [6.07, 6.45) is 2.60. The van der Waals surface area contributed by atoms with Gasteiger partial charge in [-0.25, -0.2) is 14.4 Å².